The van der Waals surface area contributed by atoms with Crippen molar-refractivity contribution in [3.8, 4) is 5.88 Å². The van der Waals surface area contributed by atoms with E-state index in [2.05, 4.69) is 10.1 Å². The summed E-state index contributed by atoms with van der Waals surface area (Å²) in [6.07, 6.45) is 3.14. The second-order valence-electron chi connectivity index (χ2n) is 6.15. The van der Waals surface area contributed by atoms with E-state index in [-0.39, 0.29) is 24.2 Å². The van der Waals surface area contributed by atoms with Gasteiger partial charge in [0.15, 0.2) is 5.69 Å². The smallest absolute Gasteiger partial charge is 0.276 e. The van der Waals surface area contributed by atoms with Crippen molar-refractivity contribution in [1.82, 2.24) is 15.0 Å². The van der Waals surface area contributed by atoms with Crippen molar-refractivity contribution in [2.45, 2.75) is 38.0 Å². The number of fused-ring (bicyclic) bond motifs is 1. The van der Waals surface area contributed by atoms with Gasteiger partial charge in [-0.3, -0.25) is 4.79 Å². The third kappa shape index (κ3) is 2.75. The Bertz CT molecular complexity index is 718. The molecule has 2 saturated heterocycles. The quantitative estimate of drug-likeness (QED) is 0.855. The summed E-state index contributed by atoms with van der Waals surface area (Å²) in [6, 6.07) is 7.18. The number of aryl methyl sites for hydroxylation is 1. The van der Waals surface area contributed by atoms with Crippen LogP contribution in [0, 0.1) is 6.92 Å². The number of pyridine rings is 1. The second-order valence-corrected chi connectivity index (χ2v) is 6.15. The maximum Gasteiger partial charge on any atom is 0.276 e. The third-order valence-corrected chi connectivity index (χ3v) is 4.49. The summed E-state index contributed by atoms with van der Waals surface area (Å²) in [4.78, 5) is 18.8. The number of rotatable bonds is 3. The molecule has 0 radical (unpaired) electrons. The number of nitrogens with zero attached hydrogens (tertiary/aromatic N) is 3. The fourth-order valence-electron chi connectivity index (χ4n) is 3.43. The number of carbonyl (C=O) groups is 1. The number of hydrogen-bond donors (Lipinski definition) is 0. The first-order valence-electron chi connectivity index (χ1n) is 8.16. The molecular formula is C17H19N3O4. The topological polar surface area (TPSA) is 77.7 Å². The Morgan fingerprint density at radius 1 is 1.42 bits per heavy atom. The standard InChI is InChI=1S/C17H19N3O4/c1-11-9-12(19-24-11)17(21)20-10-14(16-13(20)5-4-8-22-16)23-15-6-2-3-7-18-15/h2-3,6-7,9,13-14,16H,4-5,8,10H2,1H3/t13-,14+,16+/m0/s1. The molecule has 0 unspecified atom stereocenters. The molecule has 0 aliphatic carbocycles. The lowest BCUT2D eigenvalue weighted by Gasteiger charge is -2.31. The number of aromatic nitrogens is 2. The van der Waals surface area contributed by atoms with E-state index >= 15 is 0 Å². The van der Waals surface area contributed by atoms with Crippen LogP contribution in [0.15, 0.2) is 35.0 Å². The second kappa shape index (κ2) is 6.24. The summed E-state index contributed by atoms with van der Waals surface area (Å²) < 4.78 is 16.9. The van der Waals surface area contributed by atoms with Gasteiger partial charge in [0, 0.05) is 24.9 Å². The Hall–Kier alpha value is -2.41. The Balaban J connectivity index is 1.56. The van der Waals surface area contributed by atoms with Crippen LogP contribution in [-0.4, -0.2) is 52.3 Å². The van der Waals surface area contributed by atoms with Gasteiger partial charge in [-0.1, -0.05) is 11.2 Å². The first-order chi connectivity index (χ1) is 11.7. The van der Waals surface area contributed by atoms with Crippen molar-refractivity contribution in [1.29, 1.82) is 0 Å². The van der Waals surface area contributed by atoms with E-state index in [1.165, 1.54) is 0 Å². The highest BCUT2D eigenvalue weighted by molar-refractivity contribution is 5.92. The first-order valence-corrected chi connectivity index (χ1v) is 8.16. The Labute approximate surface area is 139 Å². The van der Waals surface area contributed by atoms with E-state index in [1.807, 2.05) is 18.2 Å². The minimum atomic E-state index is -0.234. The number of amides is 1. The predicted octanol–water partition coefficient (Wildman–Crippen LogP) is 1.83. The fourth-order valence-corrected chi connectivity index (χ4v) is 3.43. The van der Waals surface area contributed by atoms with Crippen LogP contribution in [0.1, 0.15) is 29.1 Å². The molecule has 0 saturated carbocycles. The van der Waals surface area contributed by atoms with Gasteiger partial charge in [0.1, 0.15) is 18.0 Å². The molecule has 24 heavy (non-hydrogen) atoms. The molecule has 4 heterocycles. The van der Waals surface area contributed by atoms with Gasteiger partial charge in [-0.15, -0.1) is 0 Å². The first kappa shape index (κ1) is 15.1. The molecule has 2 aromatic heterocycles. The Kier molecular flexibility index (Phi) is 3.93. The lowest BCUT2D eigenvalue weighted by Crippen LogP contribution is -2.44. The van der Waals surface area contributed by atoms with Gasteiger partial charge in [0.05, 0.1) is 12.6 Å². The zero-order valence-corrected chi connectivity index (χ0v) is 13.4. The summed E-state index contributed by atoms with van der Waals surface area (Å²) >= 11 is 0. The summed E-state index contributed by atoms with van der Waals surface area (Å²) in [5.74, 6) is 1.02. The molecule has 2 fully saturated rings. The van der Waals surface area contributed by atoms with Crippen LogP contribution < -0.4 is 4.74 Å². The van der Waals surface area contributed by atoms with E-state index in [4.69, 9.17) is 14.0 Å². The van der Waals surface area contributed by atoms with Crippen molar-refractivity contribution in [2.75, 3.05) is 13.2 Å². The molecule has 7 nitrogen and oxygen atoms in total. The van der Waals surface area contributed by atoms with Crippen molar-refractivity contribution in [2.24, 2.45) is 0 Å². The maximum atomic E-state index is 12.8. The molecule has 0 spiro atoms. The summed E-state index contributed by atoms with van der Waals surface area (Å²) in [7, 11) is 0. The van der Waals surface area contributed by atoms with E-state index in [0.717, 1.165) is 12.8 Å². The van der Waals surface area contributed by atoms with Crippen LogP contribution in [0.25, 0.3) is 0 Å². The summed E-state index contributed by atoms with van der Waals surface area (Å²) in [5.41, 5.74) is 0.329. The van der Waals surface area contributed by atoms with Crippen LogP contribution in [-0.2, 0) is 4.74 Å². The van der Waals surface area contributed by atoms with Gasteiger partial charge in [-0.05, 0) is 25.8 Å². The monoisotopic (exact) mass is 329 g/mol. The van der Waals surface area contributed by atoms with Crippen LogP contribution in [0.5, 0.6) is 5.88 Å². The average molecular weight is 329 g/mol. The molecule has 4 rings (SSSR count). The van der Waals surface area contributed by atoms with Crippen LogP contribution in [0.2, 0.25) is 0 Å². The fraction of sp³-hybridized carbons (Fsp3) is 0.471. The molecule has 3 atom stereocenters. The van der Waals surface area contributed by atoms with Crippen LogP contribution in [0.4, 0.5) is 0 Å². The van der Waals surface area contributed by atoms with Gasteiger partial charge in [0.2, 0.25) is 5.88 Å². The van der Waals surface area contributed by atoms with Crippen molar-refractivity contribution in [3.63, 3.8) is 0 Å². The largest absolute Gasteiger partial charge is 0.470 e. The minimum Gasteiger partial charge on any atom is -0.470 e. The van der Waals surface area contributed by atoms with Gasteiger partial charge in [0.25, 0.3) is 5.91 Å². The lowest BCUT2D eigenvalue weighted by atomic mass is 10.0. The molecule has 2 aliphatic heterocycles. The molecule has 2 aliphatic rings. The maximum absolute atomic E-state index is 12.8. The number of carbonyl (C=O) groups excluding carboxylic acids is 1. The minimum absolute atomic E-state index is 0.00281. The molecule has 126 valence electrons. The third-order valence-electron chi connectivity index (χ3n) is 4.49. The van der Waals surface area contributed by atoms with Crippen molar-refractivity contribution in [3.05, 3.63) is 41.9 Å². The zero-order valence-electron chi connectivity index (χ0n) is 13.4. The Morgan fingerprint density at radius 3 is 3.08 bits per heavy atom. The molecule has 0 bridgehead atoms. The van der Waals surface area contributed by atoms with E-state index < -0.39 is 0 Å². The molecule has 1 amide bonds. The average Bonchev–Trinajstić information content (AvgIpc) is 3.20. The highest BCUT2D eigenvalue weighted by Crippen LogP contribution is 2.32. The van der Waals surface area contributed by atoms with Gasteiger partial charge in [-0.2, -0.15) is 0 Å². The lowest BCUT2D eigenvalue weighted by molar-refractivity contribution is -0.0455. The summed E-state index contributed by atoms with van der Waals surface area (Å²) in [5, 5.41) is 3.85. The highest BCUT2D eigenvalue weighted by atomic mass is 16.5. The van der Waals surface area contributed by atoms with Gasteiger partial charge >= 0.3 is 0 Å². The van der Waals surface area contributed by atoms with Gasteiger partial charge < -0.3 is 18.9 Å². The molecule has 7 heteroatoms. The molecular weight excluding hydrogens is 310 g/mol. The van der Waals surface area contributed by atoms with Crippen LogP contribution in [0.3, 0.4) is 0 Å². The summed E-state index contributed by atoms with van der Waals surface area (Å²) in [6.45, 7) is 2.91. The van der Waals surface area contributed by atoms with E-state index in [0.29, 0.717) is 30.5 Å². The number of ether oxygens (including phenoxy) is 2. The Morgan fingerprint density at radius 2 is 2.33 bits per heavy atom. The molecule has 0 N–H and O–H groups in total. The van der Waals surface area contributed by atoms with Crippen molar-refractivity contribution >= 4 is 5.91 Å². The number of likely N-dealkylation sites (tertiary alicyclic amines) is 1. The SMILES string of the molecule is Cc1cc(C(=O)N2C[C@@H](Oc3ccccn3)[C@@H]3OCCC[C@@H]32)no1. The molecule has 0 aromatic carbocycles. The zero-order chi connectivity index (χ0) is 16.5. The highest BCUT2D eigenvalue weighted by Gasteiger charge is 2.48. The van der Waals surface area contributed by atoms with E-state index in [9.17, 15) is 4.79 Å². The normalized spacial score (nSPS) is 26.2. The van der Waals surface area contributed by atoms with Gasteiger partial charge in [-0.25, -0.2) is 4.98 Å². The van der Waals surface area contributed by atoms with E-state index in [1.54, 1.807) is 24.1 Å². The molecule has 2 aromatic rings. The predicted molar refractivity (Wildman–Crippen MR) is 83.7 cm³/mol. The number of hydrogen-bond acceptors (Lipinski definition) is 6. The van der Waals surface area contributed by atoms with Crippen LogP contribution >= 0.6 is 0 Å². The van der Waals surface area contributed by atoms with Crippen molar-refractivity contribution < 1.29 is 18.8 Å².